The van der Waals surface area contributed by atoms with Gasteiger partial charge >= 0.3 is 18.0 Å². The molecule has 0 spiro atoms. The van der Waals surface area contributed by atoms with Gasteiger partial charge in [0.05, 0.1) is 0 Å². The van der Waals surface area contributed by atoms with E-state index in [1.165, 1.54) is 9.80 Å². The lowest BCUT2D eigenvalue weighted by Crippen LogP contribution is -2.48. The van der Waals surface area contributed by atoms with Crippen molar-refractivity contribution < 1.29 is 19.5 Å². The molecule has 0 aromatic rings. The number of carbonyl (C=O) groups is 3. The number of carboxylic acid groups (broad SMARTS) is 1. The first kappa shape index (κ1) is 15.1. The minimum Gasteiger partial charge on any atom is -0.480 e. The van der Waals surface area contributed by atoms with Gasteiger partial charge in [0.2, 0.25) is 0 Å². The standard InChI is InChI=1S/C11H20N4O4/c1-14(2)10(18)12-5-6-13-11(19)15-7-3-4-8(15)9(16)17/h8H,3-7H2,1-2H3,(H,12,18)(H,13,19)(H,16,17). The summed E-state index contributed by atoms with van der Waals surface area (Å²) in [4.78, 5) is 36.6. The van der Waals surface area contributed by atoms with Gasteiger partial charge in [-0.05, 0) is 12.8 Å². The smallest absolute Gasteiger partial charge is 0.326 e. The van der Waals surface area contributed by atoms with Gasteiger partial charge in [0.1, 0.15) is 6.04 Å². The lowest BCUT2D eigenvalue weighted by Gasteiger charge is -2.22. The maximum Gasteiger partial charge on any atom is 0.326 e. The molecule has 3 N–H and O–H groups in total. The van der Waals surface area contributed by atoms with Crippen molar-refractivity contribution >= 4 is 18.0 Å². The maximum atomic E-state index is 11.8. The highest BCUT2D eigenvalue weighted by molar-refractivity contribution is 5.83. The monoisotopic (exact) mass is 272 g/mol. The zero-order chi connectivity index (χ0) is 14.4. The number of aliphatic carboxylic acids is 1. The Balaban J connectivity index is 2.28. The minimum atomic E-state index is -0.978. The van der Waals surface area contributed by atoms with Crippen molar-refractivity contribution in [2.45, 2.75) is 18.9 Å². The van der Waals surface area contributed by atoms with Gasteiger partial charge in [-0.1, -0.05) is 0 Å². The number of rotatable bonds is 4. The summed E-state index contributed by atoms with van der Waals surface area (Å²) in [6.45, 7) is 1.02. The van der Waals surface area contributed by atoms with Crippen LogP contribution in [0.2, 0.25) is 0 Å². The molecule has 1 aliphatic rings. The van der Waals surface area contributed by atoms with Crippen molar-refractivity contribution in [2.24, 2.45) is 0 Å². The molecule has 1 aliphatic heterocycles. The Bertz CT molecular complexity index is 359. The Morgan fingerprint density at radius 2 is 1.89 bits per heavy atom. The lowest BCUT2D eigenvalue weighted by molar-refractivity contribution is -0.141. The molecule has 1 unspecified atom stereocenters. The molecule has 1 fully saturated rings. The Kier molecular flexibility index (Phi) is 5.40. The molecular formula is C11H20N4O4. The fourth-order valence-electron chi connectivity index (χ4n) is 1.87. The highest BCUT2D eigenvalue weighted by Gasteiger charge is 2.33. The van der Waals surface area contributed by atoms with Crippen LogP contribution in [-0.2, 0) is 4.79 Å². The van der Waals surface area contributed by atoms with Crippen LogP contribution in [0.5, 0.6) is 0 Å². The van der Waals surface area contributed by atoms with Gasteiger partial charge in [-0.25, -0.2) is 14.4 Å². The van der Waals surface area contributed by atoms with Crippen LogP contribution in [0, 0.1) is 0 Å². The normalized spacial score (nSPS) is 18.0. The molecule has 1 saturated heterocycles. The quantitative estimate of drug-likeness (QED) is 0.601. The second-order valence-electron chi connectivity index (χ2n) is 4.55. The van der Waals surface area contributed by atoms with Gasteiger partial charge in [-0.3, -0.25) is 0 Å². The molecule has 0 saturated carbocycles. The van der Waals surface area contributed by atoms with E-state index in [4.69, 9.17) is 5.11 Å². The first-order valence-electron chi connectivity index (χ1n) is 6.16. The molecule has 1 atom stereocenters. The number of amides is 4. The minimum absolute atomic E-state index is 0.237. The number of hydrogen-bond acceptors (Lipinski definition) is 3. The van der Waals surface area contributed by atoms with E-state index in [0.29, 0.717) is 25.9 Å². The summed E-state index contributed by atoms with van der Waals surface area (Å²) >= 11 is 0. The topological polar surface area (TPSA) is 102 Å². The summed E-state index contributed by atoms with van der Waals surface area (Å²) in [5.74, 6) is -0.978. The number of likely N-dealkylation sites (tertiary alicyclic amines) is 1. The van der Waals surface area contributed by atoms with E-state index in [2.05, 4.69) is 10.6 Å². The van der Waals surface area contributed by atoms with Crippen LogP contribution in [0.3, 0.4) is 0 Å². The first-order chi connectivity index (χ1) is 8.93. The zero-order valence-corrected chi connectivity index (χ0v) is 11.2. The van der Waals surface area contributed by atoms with E-state index in [9.17, 15) is 14.4 Å². The van der Waals surface area contributed by atoms with Crippen molar-refractivity contribution in [1.82, 2.24) is 20.4 Å². The number of urea groups is 2. The van der Waals surface area contributed by atoms with E-state index in [1.54, 1.807) is 14.1 Å². The highest BCUT2D eigenvalue weighted by Crippen LogP contribution is 2.16. The number of carbonyl (C=O) groups excluding carboxylic acids is 2. The number of nitrogens with one attached hydrogen (secondary N) is 2. The molecule has 4 amide bonds. The van der Waals surface area contributed by atoms with Crippen LogP contribution in [0.1, 0.15) is 12.8 Å². The largest absolute Gasteiger partial charge is 0.480 e. The zero-order valence-electron chi connectivity index (χ0n) is 11.2. The van der Waals surface area contributed by atoms with Crippen molar-refractivity contribution in [3.63, 3.8) is 0 Å². The molecule has 108 valence electrons. The first-order valence-corrected chi connectivity index (χ1v) is 6.16. The number of hydrogen-bond donors (Lipinski definition) is 3. The SMILES string of the molecule is CN(C)C(=O)NCCNC(=O)N1CCCC1C(=O)O. The fourth-order valence-corrected chi connectivity index (χ4v) is 1.87. The van der Waals surface area contributed by atoms with E-state index in [0.717, 1.165) is 0 Å². The van der Waals surface area contributed by atoms with Crippen LogP contribution >= 0.6 is 0 Å². The molecule has 0 radical (unpaired) electrons. The predicted molar refractivity (Wildman–Crippen MR) is 67.8 cm³/mol. The van der Waals surface area contributed by atoms with E-state index in [1.807, 2.05) is 0 Å². The summed E-state index contributed by atoms with van der Waals surface area (Å²) in [5, 5.41) is 14.1. The van der Waals surface area contributed by atoms with E-state index in [-0.39, 0.29) is 12.6 Å². The average Bonchev–Trinajstić information content (AvgIpc) is 2.83. The predicted octanol–water partition coefficient (Wildman–Crippen LogP) is -0.484. The van der Waals surface area contributed by atoms with Gasteiger partial charge < -0.3 is 25.5 Å². The van der Waals surface area contributed by atoms with Gasteiger partial charge in [0.25, 0.3) is 0 Å². The third-order valence-electron chi connectivity index (χ3n) is 2.88. The fraction of sp³-hybridized carbons (Fsp3) is 0.727. The van der Waals surface area contributed by atoms with Crippen LogP contribution in [0.4, 0.5) is 9.59 Å². The molecule has 1 heterocycles. The van der Waals surface area contributed by atoms with Crippen LogP contribution in [-0.4, -0.2) is 72.7 Å². The summed E-state index contributed by atoms with van der Waals surface area (Å²) in [5.41, 5.74) is 0. The third kappa shape index (κ3) is 4.31. The van der Waals surface area contributed by atoms with E-state index >= 15 is 0 Å². The molecule has 8 nitrogen and oxygen atoms in total. The Morgan fingerprint density at radius 3 is 2.47 bits per heavy atom. The number of nitrogens with zero attached hydrogens (tertiary/aromatic N) is 2. The molecule has 0 aliphatic carbocycles. The van der Waals surface area contributed by atoms with Crippen LogP contribution < -0.4 is 10.6 Å². The molecule has 8 heteroatoms. The van der Waals surface area contributed by atoms with Gasteiger partial charge in [0.15, 0.2) is 0 Å². The lowest BCUT2D eigenvalue weighted by atomic mass is 10.2. The Morgan fingerprint density at radius 1 is 1.26 bits per heavy atom. The second-order valence-corrected chi connectivity index (χ2v) is 4.55. The van der Waals surface area contributed by atoms with Crippen molar-refractivity contribution in [1.29, 1.82) is 0 Å². The van der Waals surface area contributed by atoms with E-state index < -0.39 is 18.0 Å². The van der Waals surface area contributed by atoms with Crippen molar-refractivity contribution in [3.8, 4) is 0 Å². The summed E-state index contributed by atoms with van der Waals surface area (Å²) < 4.78 is 0. The average molecular weight is 272 g/mol. The summed E-state index contributed by atoms with van der Waals surface area (Å²) in [6.07, 6.45) is 1.18. The Labute approximate surface area is 111 Å². The summed E-state index contributed by atoms with van der Waals surface area (Å²) in [7, 11) is 3.24. The third-order valence-corrected chi connectivity index (χ3v) is 2.88. The molecule has 0 aromatic carbocycles. The molecule has 19 heavy (non-hydrogen) atoms. The van der Waals surface area contributed by atoms with Crippen LogP contribution in [0.25, 0.3) is 0 Å². The van der Waals surface area contributed by atoms with Gasteiger partial charge in [-0.15, -0.1) is 0 Å². The Hall–Kier alpha value is -1.99. The maximum absolute atomic E-state index is 11.8. The van der Waals surface area contributed by atoms with Gasteiger partial charge in [-0.2, -0.15) is 0 Å². The van der Waals surface area contributed by atoms with Gasteiger partial charge in [0, 0.05) is 33.7 Å². The molecule has 0 aromatic heterocycles. The van der Waals surface area contributed by atoms with Crippen molar-refractivity contribution in [2.75, 3.05) is 33.7 Å². The van der Waals surface area contributed by atoms with Crippen molar-refractivity contribution in [3.05, 3.63) is 0 Å². The van der Waals surface area contributed by atoms with Crippen LogP contribution in [0.15, 0.2) is 0 Å². The molecule has 0 bridgehead atoms. The second kappa shape index (κ2) is 6.81. The number of carboxylic acids is 1. The molecule has 1 rings (SSSR count). The molecular weight excluding hydrogens is 252 g/mol. The highest BCUT2D eigenvalue weighted by atomic mass is 16.4. The summed E-state index contributed by atoms with van der Waals surface area (Å²) in [6, 6.07) is -1.38.